The smallest absolute Gasteiger partial charge is 0.255 e. The number of amides is 1. The summed E-state index contributed by atoms with van der Waals surface area (Å²) in [6, 6.07) is 11.0. The highest BCUT2D eigenvalue weighted by Gasteiger charge is 2.39. The standard InChI is InChI=1S/C23H24ClN5O2/c1-25-21(31)23(10-3-2-4-11-23)29-22-27-14-18(24)19(28-22)16-8-5-7-15(13-16)17-9-6-12-26-20(17)30/h5-9,12-14H,2-4,10-11H2,1H3,(H,25,31)(H,26,30)(H,27,28,29). The lowest BCUT2D eigenvalue weighted by Gasteiger charge is -2.36. The van der Waals surface area contributed by atoms with Gasteiger partial charge in [0.1, 0.15) is 5.54 Å². The van der Waals surface area contributed by atoms with Crippen LogP contribution in [0.25, 0.3) is 22.4 Å². The van der Waals surface area contributed by atoms with Gasteiger partial charge in [0.25, 0.3) is 5.56 Å². The van der Waals surface area contributed by atoms with Crippen molar-refractivity contribution in [3.05, 3.63) is 64.2 Å². The Labute approximate surface area is 185 Å². The lowest BCUT2D eigenvalue weighted by Crippen LogP contribution is -2.53. The Kier molecular flexibility index (Phi) is 6.04. The van der Waals surface area contributed by atoms with Gasteiger partial charge in [-0.15, -0.1) is 0 Å². The summed E-state index contributed by atoms with van der Waals surface area (Å²) in [4.78, 5) is 36.5. The molecule has 2 aromatic heterocycles. The van der Waals surface area contributed by atoms with Crippen molar-refractivity contribution in [2.24, 2.45) is 0 Å². The van der Waals surface area contributed by atoms with E-state index in [2.05, 4.69) is 25.6 Å². The van der Waals surface area contributed by atoms with E-state index in [0.717, 1.165) is 43.2 Å². The number of rotatable bonds is 5. The Bertz CT molecular complexity index is 1150. The number of hydrogen-bond acceptors (Lipinski definition) is 5. The van der Waals surface area contributed by atoms with Crippen molar-refractivity contribution in [3.8, 4) is 22.4 Å². The highest BCUT2D eigenvalue weighted by molar-refractivity contribution is 6.32. The first-order valence-electron chi connectivity index (χ1n) is 10.3. The van der Waals surface area contributed by atoms with Gasteiger partial charge >= 0.3 is 0 Å². The van der Waals surface area contributed by atoms with E-state index in [9.17, 15) is 9.59 Å². The number of hydrogen-bond donors (Lipinski definition) is 3. The Balaban J connectivity index is 1.70. The van der Waals surface area contributed by atoms with Crippen LogP contribution in [0.5, 0.6) is 0 Å². The maximum atomic E-state index is 12.7. The van der Waals surface area contributed by atoms with Gasteiger partial charge in [-0.1, -0.05) is 49.1 Å². The molecule has 2 heterocycles. The van der Waals surface area contributed by atoms with Crippen molar-refractivity contribution in [2.75, 3.05) is 12.4 Å². The molecule has 1 amide bonds. The fraction of sp³-hybridized carbons (Fsp3) is 0.304. The normalized spacial score (nSPS) is 15.3. The number of H-pyrrole nitrogens is 1. The molecule has 0 aliphatic heterocycles. The average Bonchev–Trinajstić information content (AvgIpc) is 2.81. The van der Waals surface area contributed by atoms with E-state index in [-0.39, 0.29) is 11.5 Å². The molecular weight excluding hydrogens is 414 g/mol. The van der Waals surface area contributed by atoms with Crippen molar-refractivity contribution >= 4 is 23.5 Å². The van der Waals surface area contributed by atoms with E-state index in [1.54, 1.807) is 25.4 Å². The number of aromatic nitrogens is 3. The number of aromatic amines is 1. The van der Waals surface area contributed by atoms with Gasteiger partial charge in [0, 0.05) is 24.4 Å². The molecule has 0 atom stereocenters. The Morgan fingerprint density at radius 2 is 1.90 bits per heavy atom. The molecule has 0 bridgehead atoms. The largest absolute Gasteiger partial charge is 0.357 e. The van der Waals surface area contributed by atoms with Crippen LogP contribution in [0.3, 0.4) is 0 Å². The topological polar surface area (TPSA) is 99.8 Å². The van der Waals surface area contributed by atoms with Crippen LogP contribution in [-0.4, -0.2) is 33.4 Å². The molecule has 1 aliphatic carbocycles. The molecule has 31 heavy (non-hydrogen) atoms. The summed E-state index contributed by atoms with van der Waals surface area (Å²) >= 11 is 6.43. The summed E-state index contributed by atoms with van der Waals surface area (Å²) in [5, 5.41) is 6.45. The number of halogens is 1. The molecule has 8 heteroatoms. The molecule has 1 saturated carbocycles. The van der Waals surface area contributed by atoms with Gasteiger partial charge in [0.2, 0.25) is 11.9 Å². The molecule has 7 nitrogen and oxygen atoms in total. The summed E-state index contributed by atoms with van der Waals surface area (Å²) in [7, 11) is 1.64. The number of benzene rings is 1. The van der Waals surface area contributed by atoms with Crippen molar-refractivity contribution in [1.29, 1.82) is 0 Å². The lowest BCUT2D eigenvalue weighted by molar-refractivity contribution is -0.126. The monoisotopic (exact) mass is 437 g/mol. The van der Waals surface area contributed by atoms with Gasteiger partial charge in [-0.25, -0.2) is 9.97 Å². The maximum Gasteiger partial charge on any atom is 0.255 e. The maximum absolute atomic E-state index is 12.7. The summed E-state index contributed by atoms with van der Waals surface area (Å²) in [6.45, 7) is 0. The number of likely N-dealkylation sites (N-methyl/N-ethyl adjacent to an activating group) is 1. The minimum Gasteiger partial charge on any atom is -0.357 e. The summed E-state index contributed by atoms with van der Waals surface area (Å²) in [5.41, 5.74) is 1.73. The SMILES string of the molecule is CNC(=O)C1(Nc2ncc(Cl)c(-c3cccc(-c4ccc[nH]c4=O)c3)n2)CCCCC1. The number of nitrogens with one attached hydrogen (secondary N) is 3. The zero-order chi connectivity index (χ0) is 21.8. The minimum atomic E-state index is -0.725. The van der Waals surface area contributed by atoms with Crippen LogP contribution in [-0.2, 0) is 4.79 Å². The Morgan fingerprint density at radius 3 is 2.65 bits per heavy atom. The van der Waals surface area contributed by atoms with Crippen molar-refractivity contribution in [3.63, 3.8) is 0 Å². The van der Waals surface area contributed by atoms with Crippen LogP contribution in [0.4, 0.5) is 5.95 Å². The first-order valence-corrected chi connectivity index (χ1v) is 10.7. The highest BCUT2D eigenvalue weighted by atomic mass is 35.5. The minimum absolute atomic E-state index is 0.0578. The third kappa shape index (κ3) is 4.32. The summed E-state index contributed by atoms with van der Waals surface area (Å²) in [6.07, 6.45) is 7.62. The van der Waals surface area contributed by atoms with Crippen LogP contribution in [0.2, 0.25) is 5.02 Å². The third-order valence-corrected chi connectivity index (χ3v) is 6.01. The zero-order valence-electron chi connectivity index (χ0n) is 17.2. The summed E-state index contributed by atoms with van der Waals surface area (Å²) < 4.78 is 0. The first-order chi connectivity index (χ1) is 15.0. The van der Waals surface area contributed by atoms with Gasteiger partial charge in [-0.2, -0.15) is 0 Å². The van der Waals surface area contributed by atoms with Gasteiger partial charge in [0.15, 0.2) is 0 Å². The second-order valence-corrected chi connectivity index (χ2v) is 8.14. The van der Waals surface area contributed by atoms with Gasteiger partial charge < -0.3 is 15.6 Å². The highest BCUT2D eigenvalue weighted by Crippen LogP contribution is 2.33. The van der Waals surface area contributed by atoms with Crippen molar-refractivity contribution in [2.45, 2.75) is 37.6 Å². The first kappa shape index (κ1) is 21.1. The van der Waals surface area contributed by atoms with Gasteiger partial charge in [-0.3, -0.25) is 9.59 Å². The van der Waals surface area contributed by atoms with Crippen LogP contribution in [0.15, 0.2) is 53.6 Å². The number of anilines is 1. The number of nitrogens with zero attached hydrogens (tertiary/aromatic N) is 2. The molecule has 0 radical (unpaired) electrons. The molecule has 4 rings (SSSR count). The quantitative estimate of drug-likeness (QED) is 0.560. The Morgan fingerprint density at radius 1 is 1.13 bits per heavy atom. The average molecular weight is 438 g/mol. The fourth-order valence-electron chi connectivity index (χ4n) is 4.13. The number of carbonyl (C=O) groups excluding carboxylic acids is 1. The molecule has 0 unspecified atom stereocenters. The molecule has 0 saturated heterocycles. The van der Waals surface area contributed by atoms with Gasteiger partial charge in [0.05, 0.1) is 16.9 Å². The van der Waals surface area contributed by atoms with Crippen LogP contribution >= 0.6 is 11.6 Å². The second-order valence-electron chi connectivity index (χ2n) is 7.73. The second kappa shape index (κ2) is 8.89. The fourth-order valence-corrected chi connectivity index (χ4v) is 4.33. The van der Waals surface area contributed by atoms with E-state index in [1.807, 2.05) is 24.3 Å². The van der Waals surface area contributed by atoms with Crippen LogP contribution in [0.1, 0.15) is 32.1 Å². The molecule has 1 aromatic carbocycles. The van der Waals surface area contributed by atoms with E-state index in [1.165, 1.54) is 6.20 Å². The van der Waals surface area contributed by atoms with Crippen LogP contribution < -0.4 is 16.2 Å². The number of carbonyl (C=O) groups is 1. The molecular formula is C23H24ClN5O2. The molecule has 3 aromatic rings. The Hall–Kier alpha value is -3.19. The molecule has 0 spiro atoms. The lowest BCUT2D eigenvalue weighted by atomic mass is 9.81. The van der Waals surface area contributed by atoms with E-state index >= 15 is 0 Å². The molecule has 3 N–H and O–H groups in total. The van der Waals surface area contributed by atoms with Crippen molar-refractivity contribution in [1.82, 2.24) is 20.3 Å². The zero-order valence-corrected chi connectivity index (χ0v) is 18.0. The molecule has 160 valence electrons. The molecule has 1 fully saturated rings. The van der Waals surface area contributed by atoms with Crippen LogP contribution in [0, 0.1) is 0 Å². The van der Waals surface area contributed by atoms with Crippen molar-refractivity contribution < 1.29 is 4.79 Å². The number of pyridine rings is 1. The van der Waals surface area contributed by atoms with E-state index < -0.39 is 5.54 Å². The third-order valence-electron chi connectivity index (χ3n) is 5.73. The molecule has 1 aliphatic rings. The summed E-state index contributed by atoms with van der Waals surface area (Å²) in [5.74, 6) is 0.297. The van der Waals surface area contributed by atoms with E-state index in [4.69, 9.17) is 11.6 Å². The van der Waals surface area contributed by atoms with Gasteiger partial charge in [-0.05, 0) is 36.6 Å². The predicted octanol–water partition coefficient (Wildman–Crippen LogP) is 4.01. The van der Waals surface area contributed by atoms with E-state index in [0.29, 0.717) is 22.2 Å². The predicted molar refractivity (Wildman–Crippen MR) is 122 cm³/mol.